The molecule has 0 aliphatic heterocycles. The summed E-state index contributed by atoms with van der Waals surface area (Å²) in [6.07, 6.45) is 0. The Labute approximate surface area is 210 Å². The number of ketones is 1. The molecule has 0 fully saturated rings. The van der Waals surface area contributed by atoms with Crippen molar-refractivity contribution in [2.75, 3.05) is 12.8 Å². The number of pyridine rings is 1. The Bertz CT molecular complexity index is 1510. The maximum atomic E-state index is 13.3. The number of ether oxygens (including phenoxy) is 1. The Hall–Kier alpha value is -3.48. The number of aryl methyl sites for hydroxylation is 1. The summed E-state index contributed by atoms with van der Waals surface area (Å²) < 4.78 is 6.22. The van der Waals surface area contributed by atoms with Gasteiger partial charge in [0.1, 0.15) is 15.5 Å². The number of nitrogens with two attached hydrogens (primary N) is 1. The highest BCUT2D eigenvalue weighted by molar-refractivity contribution is 9.10. The second-order valence-corrected chi connectivity index (χ2v) is 9.93. The standard InChI is InChI=1S/C28H21BrN2O2S/c1-16-3-5-17(6-4-16)22-15-23(18-9-13-21(33-2)14-10-18)31-28-24(22)25(30)27(34-28)26(32)19-7-11-20(29)12-8-19/h3-15H,30H2,1-2H3. The number of thiophene rings is 1. The summed E-state index contributed by atoms with van der Waals surface area (Å²) in [6.45, 7) is 2.06. The fourth-order valence-electron chi connectivity index (χ4n) is 3.89. The van der Waals surface area contributed by atoms with Gasteiger partial charge in [0, 0.05) is 21.0 Å². The average molecular weight is 529 g/mol. The molecule has 2 heterocycles. The van der Waals surface area contributed by atoms with Gasteiger partial charge < -0.3 is 10.5 Å². The molecule has 168 valence electrons. The first kappa shape index (κ1) is 22.3. The molecule has 2 N–H and O–H groups in total. The van der Waals surface area contributed by atoms with Crippen LogP contribution >= 0.6 is 27.3 Å². The van der Waals surface area contributed by atoms with Crippen LogP contribution in [0.2, 0.25) is 0 Å². The van der Waals surface area contributed by atoms with Crippen LogP contribution in [0.5, 0.6) is 5.75 Å². The molecule has 0 radical (unpaired) electrons. The molecule has 34 heavy (non-hydrogen) atoms. The van der Waals surface area contributed by atoms with Crippen LogP contribution in [-0.4, -0.2) is 17.9 Å². The van der Waals surface area contributed by atoms with Gasteiger partial charge in [0.2, 0.25) is 5.78 Å². The van der Waals surface area contributed by atoms with Crippen LogP contribution in [0.1, 0.15) is 20.8 Å². The van der Waals surface area contributed by atoms with E-state index < -0.39 is 0 Å². The number of rotatable bonds is 5. The summed E-state index contributed by atoms with van der Waals surface area (Å²) in [5, 5.41) is 0.812. The molecule has 5 aromatic rings. The van der Waals surface area contributed by atoms with Gasteiger partial charge in [0.25, 0.3) is 0 Å². The number of carbonyl (C=O) groups excluding carboxylic acids is 1. The van der Waals surface area contributed by atoms with Gasteiger partial charge in [-0.25, -0.2) is 4.98 Å². The highest BCUT2D eigenvalue weighted by atomic mass is 79.9. The zero-order chi connectivity index (χ0) is 23.8. The molecule has 2 aromatic heterocycles. The van der Waals surface area contributed by atoms with E-state index in [1.165, 1.54) is 16.9 Å². The Morgan fingerprint density at radius 2 is 1.59 bits per heavy atom. The molecule has 0 amide bonds. The van der Waals surface area contributed by atoms with Crippen LogP contribution < -0.4 is 10.5 Å². The average Bonchev–Trinajstić information content (AvgIpc) is 3.20. The van der Waals surface area contributed by atoms with Crippen LogP contribution in [0.25, 0.3) is 32.6 Å². The van der Waals surface area contributed by atoms with Gasteiger partial charge in [-0.3, -0.25) is 4.79 Å². The van der Waals surface area contributed by atoms with E-state index in [0.717, 1.165) is 42.8 Å². The van der Waals surface area contributed by atoms with Crippen LogP contribution in [0.3, 0.4) is 0 Å². The van der Waals surface area contributed by atoms with Crippen molar-refractivity contribution in [3.63, 3.8) is 0 Å². The van der Waals surface area contributed by atoms with Gasteiger partial charge in [-0.05, 0) is 72.6 Å². The fourth-order valence-corrected chi connectivity index (χ4v) is 5.24. The number of nitrogen functional groups attached to an aromatic ring is 1. The number of hydrogen-bond acceptors (Lipinski definition) is 5. The highest BCUT2D eigenvalue weighted by Gasteiger charge is 2.22. The summed E-state index contributed by atoms with van der Waals surface area (Å²) in [7, 11) is 1.65. The van der Waals surface area contributed by atoms with E-state index in [1.807, 2.05) is 42.5 Å². The molecule has 0 saturated heterocycles. The smallest absolute Gasteiger partial charge is 0.205 e. The van der Waals surface area contributed by atoms with Crippen LogP contribution in [-0.2, 0) is 0 Å². The zero-order valence-electron chi connectivity index (χ0n) is 18.6. The third-order valence-corrected chi connectivity index (χ3v) is 7.39. The molecule has 3 aromatic carbocycles. The van der Waals surface area contributed by atoms with Gasteiger partial charge in [0.05, 0.1) is 18.5 Å². The monoisotopic (exact) mass is 528 g/mol. The third kappa shape index (κ3) is 4.11. The lowest BCUT2D eigenvalue weighted by molar-refractivity contribution is 0.104. The number of carbonyl (C=O) groups is 1. The topological polar surface area (TPSA) is 65.2 Å². The number of fused-ring (bicyclic) bond motifs is 1. The predicted molar refractivity (Wildman–Crippen MR) is 144 cm³/mol. The lowest BCUT2D eigenvalue weighted by atomic mass is 9.98. The maximum Gasteiger partial charge on any atom is 0.205 e. The van der Waals surface area contributed by atoms with Crippen molar-refractivity contribution >= 4 is 49.0 Å². The predicted octanol–water partition coefficient (Wildman–Crippen LogP) is 7.52. The number of nitrogens with zero attached hydrogens (tertiary/aromatic N) is 1. The van der Waals surface area contributed by atoms with E-state index in [0.29, 0.717) is 16.1 Å². The van der Waals surface area contributed by atoms with Gasteiger partial charge in [0.15, 0.2) is 0 Å². The number of benzene rings is 3. The van der Waals surface area contributed by atoms with Crippen molar-refractivity contribution in [2.45, 2.75) is 6.92 Å². The van der Waals surface area contributed by atoms with Crippen molar-refractivity contribution in [2.24, 2.45) is 0 Å². The van der Waals surface area contributed by atoms with Gasteiger partial charge in [-0.1, -0.05) is 45.8 Å². The lowest BCUT2D eigenvalue weighted by Gasteiger charge is -2.10. The molecule has 0 aliphatic carbocycles. The summed E-state index contributed by atoms with van der Waals surface area (Å²) in [5.41, 5.74) is 12.6. The summed E-state index contributed by atoms with van der Waals surface area (Å²) in [4.78, 5) is 19.5. The number of anilines is 1. The molecule has 0 bridgehead atoms. The molecule has 0 unspecified atom stereocenters. The Morgan fingerprint density at radius 3 is 2.24 bits per heavy atom. The largest absolute Gasteiger partial charge is 0.497 e. The van der Waals surface area contributed by atoms with Crippen LogP contribution in [0, 0.1) is 6.92 Å². The van der Waals surface area contributed by atoms with Gasteiger partial charge in [-0.2, -0.15) is 0 Å². The molecule has 4 nitrogen and oxygen atoms in total. The molecule has 0 atom stereocenters. The molecule has 5 rings (SSSR count). The minimum absolute atomic E-state index is 0.103. The van der Waals surface area contributed by atoms with Crippen molar-refractivity contribution in [1.29, 1.82) is 0 Å². The van der Waals surface area contributed by atoms with E-state index in [9.17, 15) is 4.79 Å². The van der Waals surface area contributed by atoms with E-state index >= 15 is 0 Å². The first-order valence-corrected chi connectivity index (χ1v) is 12.3. The summed E-state index contributed by atoms with van der Waals surface area (Å²) >= 11 is 4.76. The molecule has 0 saturated carbocycles. The summed E-state index contributed by atoms with van der Waals surface area (Å²) in [5.74, 6) is 0.681. The third-order valence-electron chi connectivity index (χ3n) is 5.76. The normalized spacial score (nSPS) is 11.0. The molecule has 0 spiro atoms. The van der Waals surface area contributed by atoms with Gasteiger partial charge in [-0.15, -0.1) is 11.3 Å². The first-order chi connectivity index (χ1) is 16.4. The van der Waals surface area contributed by atoms with Crippen molar-refractivity contribution < 1.29 is 9.53 Å². The SMILES string of the molecule is COc1ccc(-c2cc(-c3ccc(C)cc3)c3c(N)c(C(=O)c4ccc(Br)cc4)sc3n2)cc1. The fraction of sp³-hybridized carbons (Fsp3) is 0.0714. The minimum Gasteiger partial charge on any atom is -0.497 e. The molecular weight excluding hydrogens is 508 g/mol. The Kier molecular flexibility index (Phi) is 5.94. The lowest BCUT2D eigenvalue weighted by Crippen LogP contribution is -2.02. The van der Waals surface area contributed by atoms with E-state index in [1.54, 1.807) is 19.2 Å². The van der Waals surface area contributed by atoms with Gasteiger partial charge >= 0.3 is 0 Å². The van der Waals surface area contributed by atoms with Crippen molar-refractivity contribution in [1.82, 2.24) is 4.98 Å². The molecule has 6 heteroatoms. The van der Waals surface area contributed by atoms with E-state index in [4.69, 9.17) is 15.5 Å². The van der Waals surface area contributed by atoms with Crippen LogP contribution in [0.4, 0.5) is 5.69 Å². The van der Waals surface area contributed by atoms with Crippen molar-refractivity contribution in [3.8, 4) is 28.1 Å². The highest BCUT2D eigenvalue weighted by Crippen LogP contribution is 2.42. The quantitative estimate of drug-likeness (QED) is 0.239. The molecular formula is C28H21BrN2O2S. The second kappa shape index (κ2) is 9.05. The minimum atomic E-state index is -0.103. The molecule has 0 aliphatic rings. The summed E-state index contributed by atoms with van der Waals surface area (Å²) in [6, 6.07) is 25.5. The van der Waals surface area contributed by atoms with E-state index in [-0.39, 0.29) is 5.78 Å². The van der Waals surface area contributed by atoms with Crippen LogP contribution in [0.15, 0.2) is 83.3 Å². The first-order valence-electron chi connectivity index (χ1n) is 10.7. The number of methoxy groups -OCH3 is 1. The Balaban J connectivity index is 1.72. The van der Waals surface area contributed by atoms with E-state index in [2.05, 4.69) is 47.1 Å². The Morgan fingerprint density at radius 1 is 0.941 bits per heavy atom. The zero-order valence-corrected chi connectivity index (χ0v) is 21.0. The maximum absolute atomic E-state index is 13.3. The second-order valence-electron chi connectivity index (χ2n) is 8.01. The van der Waals surface area contributed by atoms with Crippen molar-refractivity contribution in [3.05, 3.63) is 99.3 Å². The number of aromatic nitrogens is 1. The number of halogens is 1. The number of hydrogen-bond donors (Lipinski definition) is 1.